The number of hydrogen-bond donors (Lipinski definition) is 3. The molecular weight excluding hydrogens is 254 g/mol. The van der Waals surface area contributed by atoms with E-state index in [9.17, 15) is 4.79 Å². The van der Waals surface area contributed by atoms with Gasteiger partial charge in [0, 0.05) is 25.4 Å². The molecule has 1 amide bonds. The SMILES string of the molecule is NC1(C(=O)Nc2ccc3c(c2)CNCC3)CCOCC1. The summed E-state index contributed by atoms with van der Waals surface area (Å²) in [7, 11) is 0. The van der Waals surface area contributed by atoms with Gasteiger partial charge in [0.15, 0.2) is 0 Å². The molecule has 0 spiro atoms. The molecule has 1 fully saturated rings. The Bertz CT molecular complexity index is 510. The lowest BCUT2D eigenvalue weighted by atomic mass is 9.90. The van der Waals surface area contributed by atoms with Crippen molar-refractivity contribution in [1.29, 1.82) is 0 Å². The van der Waals surface area contributed by atoms with Crippen LogP contribution in [-0.2, 0) is 22.5 Å². The van der Waals surface area contributed by atoms with Crippen LogP contribution in [0, 0.1) is 0 Å². The van der Waals surface area contributed by atoms with Gasteiger partial charge in [-0.3, -0.25) is 4.79 Å². The van der Waals surface area contributed by atoms with Crippen molar-refractivity contribution < 1.29 is 9.53 Å². The number of rotatable bonds is 2. The molecule has 0 bridgehead atoms. The third-order valence-corrected chi connectivity index (χ3v) is 4.19. The van der Waals surface area contributed by atoms with Gasteiger partial charge in [-0.25, -0.2) is 0 Å². The zero-order chi connectivity index (χ0) is 14.0. The van der Waals surface area contributed by atoms with E-state index >= 15 is 0 Å². The van der Waals surface area contributed by atoms with E-state index < -0.39 is 5.54 Å². The first-order valence-electron chi connectivity index (χ1n) is 7.18. The standard InChI is InChI=1S/C15H21N3O2/c16-15(4-7-20-8-5-15)14(19)18-13-2-1-11-3-6-17-10-12(11)9-13/h1-2,9,17H,3-8,10,16H2,(H,18,19). The van der Waals surface area contributed by atoms with E-state index in [0.29, 0.717) is 26.1 Å². The number of nitrogens with one attached hydrogen (secondary N) is 2. The maximum absolute atomic E-state index is 12.4. The molecule has 2 aliphatic heterocycles. The van der Waals surface area contributed by atoms with Gasteiger partial charge in [0.25, 0.3) is 0 Å². The Kier molecular flexibility index (Phi) is 3.74. The van der Waals surface area contributed by atoms with Crippen LogP contribution in [-0.4, -0.2) is 31.2 Å². The quantitative estimate of drug-likeness (QED) is 0.745. The van der Waals surface area contributed by atoms with E-state index in [-0.39, 0.29) is 5.91 Å². The third kappa shape index (κ3) is 2.70. The highest BCUT2D eigenvalue weighted by atomic mass is 16.5. The molecule has 2 aliphatic rings. The molecular formula is C15H21N3O2. The van der Waals surface area contributed by atoms with E-state index in [1.807, 2.05) is 12.1 Å². The Morgan fingerprint density at radius 3 is 2.90 bits per heavy atom. The fourth-order valence-electron chi connectivity index (χ4n) is 2.78. The van der Waals surface area contributed by atoms with E-state index in [4.69, 9.17) is 10.5 Å². The minimum Gasteiger partial charge on any atom is -0.381 e. The normalized spacial score (nSPS) is 21.1. The number of carbonyl (C=O) groups is 1. The summed E-state index contributed by atoms with van der Waals surface area (Å²) in [4.78, 5) is 12.4. The Morgan fingerprint density at radius 2 is 2.10 bits per heavy atom. The number of anilines is 1. The summed E-state index contributed by atoms with van der Waals surface area (Å²) in [6, 6.07) is 6.10. The lowest BCUT2D eigenvalue weighted by molar-refractivity contribution is -0.124. The van der Waals surface area contributed by atoms with Crippen molar-refractivity contribution in [2.75, 3.05) is 25.1 Å². The molecule has 0 unspecified atom stereocenters. The minimum absolute atomic E-state index is 0.107. The Balaban J connectivity index is 1.72. The second-order valence-corrected chi connectivity index (χ2v) is 5.63. The summed E-state index contributed by atoms with van der Waals surface area (Å²) in [6.07, 6.45) is 2.19. The summed E-state index contributed by atoms with van der Waals surface area (Å²) < 4.78 is 5.27. The predicted octanol–water partition coefficient (Wildman–Crippen LogP) is 0.779. The molecule has 0 saturated carbocycles. The van der Waals surface area contributed by atoms with Crippen LogP contribution in [0.2, 0.25) is 0 Å². The zero-order valence-electron chi connectivity index (χ0n) is 11.6. The second-order valence-electron chi connectivity index (χ2n) is 5.63. The molecule has 5 heteroatoms. The van der Waals surface area contributed by atoms with Crippen LogP contribution in [0.1, 0.15) is 24.0 Å². The monoisotopic (exact) mass is 275 g/mol. The van der Waals surface area contributed by atoms with Gasteiger partial charge >= 0.3 is 0 Å². The lowest BCUT2D eigenvalue weighted by Crippen LogP contribution is -2.54. The van der Waals surface area contributed by atoms with Crippen LogP contribution in [0.15, 0.2) is 18.2 Å². The van der Waals surface area contributed by atoms with Gasteiger partial charge in [0.1, 0.15) is 5.54 Å². The average molecular weight is 275 g/mol. The highest BCUT2D eigenvalue weighted by Crippen LogP contribution is 2.22. The fourth-order valence-corrected chi connectivity index (χ4v) is 2.78. The first-order valence-corrected chi connectivity index (χ1v) is 7.18. The van der Waals surface area contributed by atoms with E-state index in [1.54, 1.807) is 0 Å². The molecule has 3 rings (SSSR count). The molecule has 108 valence electrons. The van der Waals surface area contributed by atoms with E-state index in [0.717, 1.165) is 25.2 Å². The van der Waals surface area contributed by atoms with E-state index in [2.05, 4.69) is 16.7 Å². The summed E-state index contributed by atoms with van der Waals surface area (Å²) in [6.45, 7) is 2.99. The molecule has 2 heterocycles. The molecule has 20 heavy (non-hydrogen) atoms. The number of ether oxygens (including phenoxy) is 1. The average Bonchev–Trinajstić information content (AvgIpc) is 2.48. The first-order chi connectivity index (χ1) is 9.67. The van der Waals surface area contributed by atoms with Crippen molar-refractivity contribution in [3.63, 3.8) is 0 Å². The zero-order valence-corrected chi connectivity index (χ0v) is 11.6. The smallest absolute Gasteiger partial charge is 0.244 e. The maximum atomic E-state index is 12.4. The van der Waals surface area contributed by atoms with Crippen molar-refractivity contribution in [2.24, 2.45) is 5.73 Å². The molecule has 1 saturated heterocycles. The van der Waals surface area contributed by atoms with Gasteiger partial charge in [-0.2, -0.15) is 0 Å². The molecule has 0 aliphatic carbocycles. The van der Waals surface area contributed by atoms with Crippen LogP contribution in [0.25, 0.3) is 0 Å². The number of hydrogen-bond acceptors (Lipinski definition) is 4. The van der Waals surface area contributed by atoms with Crippen molar-refractivity contribution in [3.05, 3.63) is 29.3 Å². The van der Waals surface area contributed by atoms with Gasteiger partial charge in [-0.05, 0) is 49.1 Å². The minimum atomic E-state index is -0.799. The van der Waals surface area contributed by atoms with Gasteiger partial charge in [0.05, 0.1) is 0 Å². The number of benzene rings is 1. The van der Waals surface area contributed by atoms with Gasteiger partial charge in [-0.1, -0.05) is 6.07 Å². The third-order valence-electron chi connectivity index (χ3n) is 4.19. The van der Waals surface area contributed by atoms with Crippen molar-refractivity contribution in [3.8, 4) is 0 Å². The molecule has 1 aromatic carbocycles. The number of carbonyl (C=O) groups excluding carboxylic acids is 1. The molecule has 5 nitrogen and oxygen atoms in total. The molecule has 0 atom stereocenters. The van der Waals surface area contributed by atoms with Crippen LogP contribution in [0.3, 0.4) is 0 Å². The number of amides is 1. The topological polar surface area (TPSA) is 76.4 Å². The first kappa shape index (κ1) is 13.5. The van der Waals surface area contributed by atoms with Crippen LogP contribution >= 0.6 is 0 Å². The molecule has 4 N–H and O–H groups in total. The molecule has 1 aromatic rings. The van der Waals surface area contributed by atoms with Crippen molar-refractivity contribution >= 4 is 11.6 Å². The van der Waals surface area contributed by atoms with Crippen LogP contribution in [0.5, 0.6) is 0 Å². The Morgan fingerprint density at radius 1 is 1.30 bits per heavy atom. The largest absolute Gasteiger partial charge is 0.381 e. The summed E-state index contributed by atoms with van der Waals surface area (Å²) in [5.41, 5.74) is 8.83. The van der Waals surface area contributed by atoms with Crippen molar-refractivity contribution in [1.82, 2.24) is 5.32 Å². The molecule has 0 radical (unpaired) electrons. The van der Waals surface area contributed by atoms with Gasteiger partial charge < -0.3 is 21.1 Å². The van der Waals surface area contributed by atoms with Crippen molar-refractivity contribution in [2.45, 2.75) is 31.3 Å². The predicted molar refractivity (Wildman–Crippen MR) is 77.5 cm³/mol. The summed E-state index contributed by atoms with van der Waals surface area (Å²) in [5, 5.41) is 6.29. The number of nitrogens with two attached hydrogens (primary N) is 1. The summed E-state index contributed by atoms with van der Waals surface area (Å²) >= 11 is 0. The van der Waals surface area contributed by atoms with E-state index in [1.165, 1.54) is 11.1 Å². The van der Waals surface area contributed by atoms with Crippen LogP contribution in [0.4, 0.5) is 5.69 Å². The Labute approximate surface area is 118 Å². The summed E-state index contributed by atoms with van der Waals surface area (Å²) in [5.74, 6) is -0.107. The van der Waals surface area contributed by atoms with Gasteiger partial charge in [0.2, 0.25) is 5.91 Å². The Hall–Kier alpha value is -1.43. The number of fused-ring (bicyclic) bond motifs is 1. The van der Waals surface area contributed by atoms with Crippen LogP contribution < -0.4 is 16.4 Å². The molecule has 0 aromatic heterocycles. The van der Waals surface area contributed by atoms with Gasteiger partial charge in [-0.15, -0.1) is 0 Å². The second kappa shape index (κ2) is 5.52. The lowest BCUT2D eigenvalue weighted by Gasteiger charge is -2.31. The highest BCUT2D eigenvalue weighted by Gasteiger charge is 2.35. The fraction of sp³-hybridized carbons (Fsp3) is 0.533. The highest BCUT2D eigenvalue weighted by molar-refractivity contribution is 5.98. The maximum Gasteiger partial charge on any atom is 0.244 e.